The van der Waals surface area contributed by atoms with Gasteiger partial charge >= 0.3 is 5.97 Å². The van der Waals surface area contributed by atoms with Gasteiger partial charge < -0.3 is 15.8 Å². The zero-order valence-electron chi connectivity index (χ0n) is 11.5. The smallest absolute Gasteiger partial charge is 0.302 e. The molecule has 1 aromatic rings. The number of carbonyl (C=O) groups is 2. The Kier molecular flexibility index (Phi) is 9.41. The van der Waals surface area contributed by atoms with Gasteiger partial charge in [0.05, 0.1) is 0 Å². The molecule has 0 fully saturated rings. The first-order valence-corrected chi connectivity index (χ1v) is 6.29. The molecule has 0 aliphatic rings. The van der Waals surface area contributed by atoms with Gasteiger partial charge in [-0.3, -0.25) is 9.59 Å². The van der Waals surface area contributed by atoms with Gasteiger partial charge in [0.15, 0.2) is 0 Å². The van der Waals surface area contributed by atoms with Crippen LogP contribution in [0.4, 0.5) is 0 Å². The second-order valence-corrected chi connectivity index (χ2v) is 4.30. The first-order chi connectivity index (χ1) is 9.09. The molecular formula is C14H21ClN2O3. The average molecular weight is 301 g/mol. The summed E-state index contributed by atoms with van der Waals surface area (Å²) in [5.74, 6) is -0.932. The number of primary amides is 1. The number of nitrogens with two attached hydrogens (primary N) is 1. The van der Waals surface area contributed by atoms with Crippen LogP contribution in [0.2, 0.25) is 0 Å². The number of nitrogens with one attached hydrogen (secondary N) is 1. The Labute approximate surface area is 125 Å². The lowest BCUT2D eigenvalue weighted by molar-refractivity contribution is -0.142. The molecule has 6 heteroatoms. The molecule has 112 valence electrons. The number of hydrogen-bond acceptors (Lipinski definition) is 4. The summed E-state index contributed by atoms with van der Waals surface area (Å²) >= 11 is 0. The quantitative estimate of drug-likeness (QED) is 0.555. The van der Waals surface area contributed by atoms with Gasteiger partial charge in [-0.25, -0.2) is 0 Å². The molecule has 3 N–H and O–H groups in total. The molecule has 1 atom stereocenters. The standard InChI is InChI=1S/C14H20N2O3.ClH/c1-11(17)19-10-13(14(15)18)16-9-5-8-12-6-3-2-4-7-12;/h2-4,6-7,13,16H,5,8-10H2,1H3,(H2,15,18);1H. The van der Waals surface area contributed by atoms with Crippen molar-refractivity contribution in [2.45, 2.75) is 25.8 Å². The Bertz CT molecular complexity index is 412. The first-order valence-electron chi connectivity index (χ1n) is 6.29. The Balaban J connectivity index is 0.00000361. The van der Waals surface area contributed by atoms with Gasteiger partial charge in [0.1, 0.15) is 12.6 Å². The van der Waals surface area contributed by atoms with Crippen molar-refractivity contribution in [3.63, 3.8) is 0 Å². The van der Waals surface area contributed by atoms with Crippen LogP contribution in [0.3, 0.4) is 0 Å². The Morgan fingerprint density at radius 2 is 1.95 bits per heavy atom. The topological polar surface area (TPSA) is 81.4 Å². The number of amides is 1. The summed E-state index contributed by atoms with van der Waals surface area (Å²) in [6.45, 7) is 1.92. The number of hydrogen-bond donors (Lipinski definition) is 2. The number of carbonyl (C=O) groups excluding carboxylic acids is 2. The normalized spacial score (nSPS) is 11.2. The molecule has 0 bridgehead atoms. The fourth-order valence-electron chi connectivity index (χ4n) is 1.66. The van der Waals surface area contributed by atoms with Gasteiger partial charge in [0.25, 0.3) is 0 Å². The van der Waals surface area contributed by atoms with Crippen LogP contribution in [-0.2, 0) is 20.7 Å². The highest BCUT2D eigenvalue weighted by molar-refractivity contribution is 5.85. The first kappa shape index (κ1) is 18.4. The minimum absolute atomic E-state index is 0. The number of rotatable bonds is 8. The lowest BCUT2D eigenvalue weighted by Crippen LogP contribution is -2.45. The Morgan fingerprint density at radius 3 is 2.50 bits per heavy atom. The molecule has 0 spiro atoms. The van der Waals surface area contributed by atoms with Crippen LogP contribution in [0.5, 0.6) is 0 Å². The predicted octanol–water partition coefficient (Wildman–Crippen LogP) is 1.05. The number of benzene rings is 1. The average Bonchev–Trinajstić information content (AvgIpc) is 2.38. The van der Waals surface area contributed by atoms with Gasteiger partial charge in [0.2, 0.25) is 5.91 Å². The van der Waals surface area contributed by atoms with Crippen LogP contribution >= 0.6 is 12.4 Å². The minimum atomic E-state index is -0.625. The Hall–Kier alpha value is -1.59. The molecule has 1 rings (SSSR count). The van der Waals surface area contributed by atoms with Gasteiger partial charge in [-0.05, 0) is 24.9 Å². The van der Waals surface area contributed by atoms with E-state index in [9.17, 15) is 9.59 Å². The zero-order valence-corrected chi connectivity index (χ0v) is 12.3. The molecule has 0 aliphatic heterocycles. The van der Waals surface area contributed by atoms with E-state index in [-0.39, 0.29) is 19.0 Å². The zero-order chi connectivity index (χ0) is 14.1. The number of halogens is 1. The van der Waals surface area contributed by atoms with Crippen molar-refractivity contribution in [2.24, 2.45) is 5.73 Å². The summed E-state index contributed by atoms with van der Waals surface area (Å²) < 4.78 is 4.78. The van der Waals surface area contributed by atoms with Crippen LogP contribution in [0.25, 0.3) is 0 Å². The molecule has 1 amide bonds. The van der Waals surface area contributed by atoms with Gasteiger partial charge in [-0.15, -0.1) is 12.4 Å². The molecule has 0 radical (unpaired) electrons. The third-order valence-corrected chi connectivity index (χ3v) is 2.67. The van der Waals surface area contributed by atoms with Crippen molar-refractivity contribution in [1.29, 1.82) is 0 Å². The molecule has 0 saturated carbocycles. The maximum atomic E-state index is 11.1. The maximum absolute atomic E-state index is 11.1. The van der Waals surface area contributed by atoms with E-state index in [1.165, 1.54) is 12.5 Å². The lowest BCUT2D eigenvalue weighted by Gasteiger charge is -2.14. The van der Waals surface area contributed by atoms with Crippen molar-refractivity contribution in [3.8, 4) is 0 Å². The number of esters is 1. The molecule has 1 aromatic carbocycles. The molecule has 0 aliphatic carbocycles. The van der Waals surface area contributed by atoms with E-state index < -0.39 is 17.9 Å². The number of aryl methyl sites for hydroxylation is 1. The third kappa shape index (κ3) is 7.76. The molecule has 1 unspecified atom stereocenters. The molecule has 0 saturated heterocycles. The van der Waals surface area contributed by atoms with E-state index in [0.717, 1.165) is 12.8 Å². The summed E-state index contributed by atoms with van der Waals surface area (Å²) in [5.41, 5.74) is 6.47. The molecule has 0 heterocycles. The van der Waals surface area contributed by atoms with Crippen LogP contribution in [-0.4, -0.2) is 31.1 Å². The SMILES string of the molecule is CC(=O)OCC(NCCCc1ccccc1)C(N)=O.Cl. The summed E-state index contributed by atoms with van der Waals surface area (Å²) in [7, 11) is 0. The van der Waals surface area contributed by atoms with Gasteiger partial charge in [-0.1, -0.05) is 30.3 Å². The fraction of sp³-hybridized carbons (Fsp3) is 0.429. The van der Waals surface area contributed by atoms with Crippen LogP contribution < -0.4 is 11.1 Å². The highest BCUT2D eigenvalue weighted by Gasteiger charge is 2.15. The Morgan fingerprint density at radius 1 is 1.30 bits per heavy atom. The fourth-order valence-corrected chi connectivity index (χ4v) is 1.66. The van der Waals surface area contributed by atoms with Crippen LogP contribution in [0.1, 0.15) is 18.9 Å². The lowest BCUT2D eigenvalue weighted by atomic mass is 10.1. The van der Waals surface area contributed by atoms with E-state index >= 15 is 0 Å². The predicted molar refractivity (Wildman–Crippen MR) is 79.6 cm³/mol. The second kappa shape index (κ2) is 10.2. The summed E-state index contributed by atoms with van der Waals surface area (Å²) in [6, 6.07) is 9.46. The van der Waals surface area contributed by atoms with E-state index in [2.05, 4.69) is 17.4 Å². The van der Waals surface area contributed by atoms with Crippen LogP contribution in [0.15, 0.2) is 30.3 Å². The molecular weight excluding hydrogens is 280 g/mol. The van der Waals surface area contributed by atoms with Gasteiger partial charge in [-0.2, -0.15) is 0 Å². The van der Waals surface area contributed by atoms with Gasteiger partial charge in [0, 0.05) is 6.92 Å². The number of ether oxygens (including phenoxy) is 1. The van der Waals surface area contributed by atoms with E-state index in [1.807, 2.05) is 18.2 Å². The molecule has 20 heavy (non-hydrogen) atoms. The summed E-state index contributed by atoms with van der Waals surface area (Å²) in [4.78, 5) is 21.8. The van der Waals surface area contributed by atoms with Crippen molar-refractivity contribution >= 4 is 24.3 Å². The molecule has 0 aromatic heterocycles. The minimum Gasteiger partial charge on any atom is -0.464 e. The third-order valence-electron chi connectivity index (χ3n) is 2.67. The maximum Gasteiger partial charge on any atom is 0.302 e. The highest BCUT2D eigenvalue weighted by atomic mass is 35.5. The summed E-state index contributed by atoms with van der Waals surface area (Å²) in [6.07, 6.45) is 1.81. The van der Waals surface area contributed by atoms with Crippen molar-refractivity contribution < 1.29 is 14.3 Å². The van der Waals surface area contributed by atoms with E-state index in [1.54, 1.807) is 0 Å². The largest absolute Gasteiger partial charge is 0.464 e. The summed E-state index contributed by atoms with van der Waals surface area (Å²) in [5, 5.41) is 2.99. The van der Waals surface area contributed by atoms with Crippen molar-refractivity contribution in [3.05, 3.63) is 35.9 Å². The second-order valence-electron chi connectivity index (χ2n) is 4.30. The molecule has 5 nitrogen and oxygen atoms in total. The van der Waals surface area contributed by atoms with E-state index in [4.69, 9.17) is 10.5 Å². The highest BCUT2D eigenvalue weighted by Crippen LogP contribution is 2.01. The van der Waals surface area contributed by atoms with Crippen molar-refractivity contribution in [1.82, 2.24) is 5.32 Å². The van der Waals surface area contributed by atoms with E-state index in [0.29, 0.717) is 6.54 Å². The monoisotopic (exact) mass is 300 g/mol. The van der Waals surface area contributed by atoms with Crippen molar-refractivity contribution in [2.75, 3.05) is 13.2 Å². The van der Waals surface area contributed by atoms with Crippen LogP contribution in [0, 0.1) is 0 Å².